The van der Waals surface area contributed by atoms with Crippen LogP contribution in [0.5, 0.6) is 5.75 Å². The normalized spacial score (nSPS) is 10.5. The predicted octanol–water partition coefficient (Wildman–Crippen LogP) is 4.44. The minimum atomic E-state index is 0.144. The third-order valence-electron chi connectivity index (χ3n) is 3.67. The molecule has 0 aliphatic rings. The van der Waals surface area contributed by atoms with Crippen LogP contribution in [-0.2, 0) is 6.42 Å². The smallest absolute Gasteiger partial charge is 0.167 e. The first kappa shape index (κ1) is 15.3. The summed E-state index contributed by atoms with van der Waals surface area (Å²) in [7, 11) is 1.62. The maximum Gasteiger partial charge on any atom is 0.167 e. The maximum absolute atomic E-state index is 12.5. The van der Waals surface area contributed by atoms with E-state index in [-0.39, 0.29) is 5.78 Å². The van der Waals surface area contributed by atoms with Crippen LogP contribution in [0.4, 0.5) is 0 Å². The van der Waals surface area contributed by atoms with E-state index in [2.05, 4.69) is 25.1 Å². The van der Waals surface area contributed by atoms with Gasteiger partial charge >= 0.3 is 0 Å². The van der Waals surface area contributed by atoms with Gasteiger partial charge in [-0.3, -0.25) is 4.79 Å². The summed E-state index contributed by atoms with van der Waals surface area (Å²) in [5.41, 5.74) is 5.24. The Bertz CT molecular complexity index is 657. The van der Waals surface area contributed by atoms with Crippen LogP contribution in [0.1, 0.15) is 39.0 Å². The molecule has 0 aromatic heterocycles. The van der Waals surface area contributed by atoms with Gasteiger partial charge in [-0.25, -0.2) is 0 Å². The number of methoxy groups -OCH3 is 1. The Morgan fingerprint density at radius 1 is 1.05 bits per heavy atom. The zero-order valence-corrected chi connectivity index (χ0v) is 13.2. The van der Waals surface area contributed by atoms with Gasteiger partial charge in [0.15, 0.2) is 5.78 Å². The number of benzene rings is 2. The number of carbonyl (C=O) groups excluding carboxylic acids is 1. The summed E-state index contributed by atoms with van der Waals surface area (Å²) in [5, 5.41) is 0. The van der Waals surface area contributed by atoms with Crippen molar-refractivity contribution < 1.29 is 9.53 Å². The predicted molar refractivity (Wildman–Crippen MR) is 86.3 cm³/mol. The highest BCUT2D eigenvalue weighted by Gasteiger charge is 2.15. The average molecular weight is 282 g/mol. The zero-order chi connectivity index (χ0) is 15.4. The summed E-state index contributed by atoms with van der Waals surface area (Å²) >= 11 is 0. The lowest BCUT2D eigenvalue weighted by Gasteiger charge is -2.12. The van der Waals surface area contributed by atoms with Crippen LogP contribution in [0.2, 0.25) is 0 Å². The molecule has 0 aliphatic heterocycles. The van der Waals surface area contributed by atoms with Crippen LogP contribution in [0.25, 0.3) is 0 Å². The first-order valence-corrected chi connectivity index (χ1v) is 7.25. The van der Waals surface area contributed by atoms with Crippen molar-refractivity contribution in [3.05, 3.63) is 64.2 Å². The number of aryl methyl sites for hydroxylation is 4. The SMILES string of the molecule is COc1cc(C)cc(C)c1C(=O)CCc1cccc(C)c1. The molecule has 0 saturated heterocycles. The van der Waals surface area contributed by atoms with Crippen molar-refractivity contribution in [3.8, 4) is 5.75 Å². The van der Waals surface area contributed by atoms with Crippen LogP contribution >= 0.6 is 0 Å². The van der Waals surface area contributed by atoms with Gasteiger partial charge in [0.1, 0.15) is 5.75 Å². The van der Waals surface area contributed by atoms with E-state index in [4.69, 9.17) is 4.74 Å². The van der Waals surface area contributed by atoms with Crippen molar-refractivity contribution in [1.29, 1.82) is 0 Å². The molecule has 0 spiro atoms. The largest absolute Gasteiger partial charge is 0.496 e. The quantitative estimate of drug-likeness (QED) is 0.758. The Labute approximate surface area is 126 Å². The topological polar surface area (TPSA) is 26.3 Å². The van der Waals surface area contributed by atoms with Gasteiger partial charge in [-0.05, 0) is 49.9 Å². The molecule has 0 atom stereocenters. The van der Waals surface area contributed by atoms with Crippen molar-refractivity contribution in [1.82, 2.24) is 0 Å². The van der Waals surface area contributed by atoms with Crippen LogP contribution in [0, 0.1) is 20.8 Å². The van der Waals surface area contributed by atoms with E-state index >= 15 is 0 Å². The van der Waals surface area contributed by atoms with Crippen LogP contribution in [-0.4, -0.2) is 12.9 Å². The molecular weight excluding hydrogens is 260 g/mol. The van der Waals surface area contributed by atoms with E-state index in [1.807, 2.05) is 32.0 Å². The first-order valence-electron chi connectivity index (χ1n) is 7.25. The molecule has 0 unspecified atom stereocenters. The second-order valence-electron chi connectivity index (χ2n) is 5.57. The van der Waals surface area contributed by atoms with E-state index in [9.17, 15) is 4.79 Å². The monoisotopic (exact) mass is 282 g/mol. The van der Waals surface area contributed by atoms with Crippen LogP contribution < -0.4 is 4.74 Å². The molecule has 2 aromatic rings. The molecule has 110 valence electrons. The van der Waals surface area contributed by atoms with Crippen LogP contribution in [0.3, 0.4) is 0 Å². The molecule has 2 rings (SSSR count). The number of hydrogen-bond acceptors (Lipinski definition) is 2. The van der Waals surface area contributed by atoms with Crippen molar-refractivity contribution in [2.75, 3.05) is 7.11 Å². The van der Waals surface area contributed by atoms with E-state index < -0.39 is 0 Å². The lowest BCUT2D eigenvalue weighted by molar-refractivity contribution is 0.0979. The van der Waals surface area contributed by atoms with E-state index in [1.54, 1.807) is 7.11 Å². The minimum absolute atomic E-state index is 0.144. The van der Waals surface area contributed by atoms with E-state index in [1.165, 1.54) is 11.1 Å². The zero-order valence-electron chi connectivity index (χ0n) is 13.2. The fraction of sp³-hybridized carbons (Fsp3) is 0.316. The van der Waals surface area contributed by atoms with Gasteiger partial charge in [0.25, 0.3) is 0 Å². The summed E-state index contributed by atoms with van der Waals surface area (Å²) in [4.78, 5) is 12.5. The van der Waals surface area contributed by atoms with Gasteiger partial charge in [-0.15, -0.1) is 0 Å². The summed E-state index contributed by atoms with van der Waals surface area (Å²) in [6.07, 6.45) is 1.26. The molecule has 0 heterocycles. The highest BCUT2D eigenvalue weighted by Crippen LogP contribution is 2.26. The Morgan fingerprint density at radius 3 is 2.48 bits per heavy atom. The number of carbonyl (C=O) groups is 1. The first-order chi connectivity index (χ1) is 10.0. The van der Waals surface area contributed by atoms with Crippen molar-refractivity contribution >= 4 is 5.78 Å². The molecule has 0 fully saturated rings. The molecule has 2 aromatic carbocycles. The van der Waals surface area contributed by atoms with E-state index in [0.29, 0.717) is 12.2 Å². The summed E-state index contributed by atoms with van der Waals surface area (Å²) in [6, 6.07) is 12.3. The number of ketones is 1. The molecule has 21 heavy (non-hydrogen) atoms. The summed E-state index contributed by atoms with van der Waals surface area (Å²) < 4.78 is 5.38. The molecule has 0 saturated carbocycles. The average Bonchev–Trinajstić information content (AvgIpc) is 2.44. The highest BCUT2D eigenvalue weighted by atomic mass is 16.5. The molecule has 2 nitrogen and oxygen atoms in total. The third kappa shape index (κ3) is 3.72. The van der Waals surface area contributed by atoms with Gasteiger partial charge in [0, 0.05) is 6.42 Å². The number of ether oxygens (including phenoxy) is 1. The molecule has 0 N–H and O–H groups in total. The molecule has 0 radical (unpaired) electrons. The Kier molecular flexibility index (Phi) is 4.79. The Hall–Kier alpha value is -2.09. The molecule has 0 amide bonds. The number of hydrogen-bond donors (Lipinski definition) is 0. The van der Waals surface area contributed by atoms with Crippen molar-refractivity contribution in [2.45, 2.75) is 33.6 Å². The molecular formula is C19H22O2. The number of Topliss-reactive ketones (excluding diaryl/α,β-unsaturated/α-hetero) is 1. The standard InChI is InChI=1S/C19H22O2/c1-13-6-5-7-16(11-13)8-9-17(20)19-15(3)10-14(2)12-18(19)21-4/h5-7,10-12H,8-9H2,1-4H3. The lowest BCUT2D eigenvalue weighted by Crippen LogP contribution is -2.07. The second-order valence-corrected chi connectivity index (χ2v) is 5.57. The third-order valence-corrected chi connectivity index (χ3v) is 3.67. The maximum atomic E-state index is 12.5. The van der Waals surface area contributed by atoms with Gasteiger partial charge in [0.2, 0.25) is 0 Å². The van der Waals surface area contributed by atoms with Gasteiger partial charge in [-0.2, -0.15) is 0 Å². The molecule has 0 aliphatic carbocycles. The van der Waals surface area contributed by atoms with Crippen LogP contribution in [0.15, 0.2) is 36.4 Å². The molecule has 0 bridgehead atoms. The fourth-order valence-electron chi connectivity index (χ4n) is 2.70. The van der Waals surface area contributed by atoms with Gasteiger partial charge < -0.3 is 4.74 Å². The Morgan fingerprint density at radius 2 is 1.81 bits per heavy atom. The van der Waals surface area contributed by atoms with Crippen molar-refractivity contribution in [2.24, 2.45) is 0 Å². The van der Waals surface area contributed by atoms with Gasteiger partial charge in [-0.1, -0.05) is 35.9 Å². The summed E-state index contributed by atoms with van der Waals surface area (Å²) in [5.74, 6) is 0.826. The minimum Gasteiger partial charge on any atom is -0.496 e. The second kappa shape index (κ2) is 6.57. The Balaban J connectivity index is 2.17. The van der Waals surface area contributed by atoms with Crippen molar-refractivity contribution in [3.63, 3.8) is 0 Å². The highest BCUT2D eigenvalue weighted by molar-refractivity contribution is 6.00. The summed E-state index contributed by atoms with van der Waals surface area (Å²) in [6.45, 7) is 6.05. The van der Waals surface area contributed by atoms with E-state index in [0.717, 1.165) is 23.1 Å². The van der Waals surface area contributed by atoms with Gasteiger partial charge in [0.05, 0.1) is 12.7 Å². The number of rotatable bonds is 5. The molecule has 2 heteroatoms. The lowest BCUT2D eigenvalue weighted by atomic mass is 9.96. The fourth-order valence-corrected chi connectivity index (χ4v) is 2.70.